The zero-order valence-corrected chi connectivity index (χ0v) is 12.2. The average Bonchev–Trinajstić information content (AvgIpc) is 2.51. The van der Waals surface area contributed by atoms with E-state index >= 15 is 0 Å². The Bertz CT molecular complexity index is 546. The molecule has 0 aliphatic heterocycles. The molecular weight excluding hydrogens is 264 g/mol. The van der Waals surface area contributed by atoms with Crippen LogP contribution in [0.5, 0.6) is 5.75 Å². The molecule has 0 saturated carbocycles. The third-order valence-corrected chi connectivity index (χ3v) is 3.12. The van der Waals surface area contributed by atoms with Crippen molar-refractivity contribution >= 4 is 6.16 Å². The van der Waals surface area contributed by atoms with Gasteiger partial charge in [-0.3, -0.25) is 0 Å². The molecule has 0 saturated heterocycles. The Morgan fingerprint density at radius 2 is 1.57 bits per heavy atom. The Morgan fingerprint density at radius 1 is 0.905 bits per heavy atom. The van der Waals surface area contributed by atoms with Crippen molar-refractivity contribution in [3.8, 4) is 5.75 Å². The molecule has 0 unspecified atom stereocenters. The second-order valence-corrected chi connectivity index (χ2v) is 4.83. The van der Waals surface area contributed by atoms with Crippen LogP contribution in [0.15, 0.2) is 54.6 Å². The van der Waals surface area contributed by atoms with Gasteiger partial charge < -0.3 is 9.47 Å². The van der Waals surface area contributed by atoms with Crippen molar-refractivity contribution in [2.75, 3.05) is 6.61 Å². The van der Waals surface area contributed by atoms with E-state index < -0.39 is 6.16 Å². The molecule has 2 rings (SSSR count). The highest BCUT2D eigenvalue weighted by Gasteiger charge is 2.06. The summed E-state index contributed by atoms with van der Waals surface area (Å²) in [6.45, 7) is 2.45. The third-order valence-electron chi connectivity index (χ3n) is 3.12. The second kappa shape index (κ2) is 8.10. The summed E-state index contributed by atoms with van der Waals surface area (Å²) in [6, 6.07) is 17.4. The standard InChI is InChI=1S/C18H20O3/c1-2-6-15-9-11-17(12-10-15)21-18(19)20-14-13-16-7-4-3-5-8-16/h3-5,7-12H,2,6,13-14H2,1H3. The maximum atomic E-state index is 11.6. The summed E-state index contributed by atoms with van der Waals surface area (Å²) in [4.78, 5) is 11.6. The molecule has 0 amide bonds. The van der Waals surface area contributed by atoms with Crippen molar-refractivity contribution in [1.29, 1.82) is 0 Å². The van der Waals surface area contributed by atoms with Crippen LogP contribution in [0.4, 0.5) is 4.79 Å². The molecule has 21 heavy (non-hydrogen) atoms. The topological polar surface area (TPSA) is 35.5 Å². The third kappa shape index (κ3) is 5.30. The minimum atomic E-state index is -0.658. The largest absolute Gasteiger partial charge is 0.513 e. The molecule has 110 valence electrons. The Morgan fingerprint density at radius 3 is 2.24 bits per heavy atom. The molecular formula is C18H20O3. The summed E-state index contributed by atoms with van der Waals surface area (Å²) in [5, 5.41) is 0. The Balaban J connectivity index is 1.74. The zero-order chi connectivity index (χ0) is 14.9. The molecule has 0 bridgehead atoms. The number of rotatable bonds is 6. The van der Waals surface area contributed by atoms with Gasteiger partial charge in [-0.1, -0.05) is 55.8 Å². The lowest BCUT2D eigenvalue weighted by Gasteiger charge is -2.06. The molecule has 0 aromatic heterocycles. The van der Waals surface area contributed by atoms with E-state index in [1.54, 1.807) is 12.1 Å². The van der Waals surface area contributed by atoms with Gasteiger partial charge in [-0.2, -0.15) is 0 Å². The SMILES string of the molecule is CCCc1ccc(OC(=O)OCCc2ccccc2)cc1. The fraction of sp³-hybridized carbons (Fsp3) is 0.278. The maximum absolute atomic E-state index is 11.6. The average molecular weight is 284 g/mol. The molecule has 0 N–H and O–H groups in total. The first kappa shape index (κ1) is 15.1. The molecule has 3 heteroatoms. The van der Waals surface area contributed by atoms with Crippen LogP contribution in [0.1, 0.15) is 24.5 Å². The molecule has 2 aromatic carbocycles. The van der Waals surface area contributed by atoms with Crippen molar-refractivity contribution < 1.29 is 14.3 Å². The van der Waals surface area contributed by atoms with Gasteiger partial charge in [0.1, 0.15) is 5.75 Å². The number of hydrogen-bond acceptors (Lipinski definition) is 3. The van der Waals surface area contributed by atoms with Crippen LogP contribution in [-0.2, 0) is 17.6 Å². The van der Waals surface area contributed by atoms with Crippen molar-refractivity contribution in [3.05, 3.63) is 65.7 Å². The highest BCUT2D eigenvalue weighted by atomic mass is 16.7. The number of ether oxygens (including phenoxy) is 2. The summed E-state index contributed by atoms with van der Waals surface area (Å²) in [5.74, 6) is 0.513. The normalized spacial score (nSPS) is 10.1. The van der Waals surface area contributed by atoms with Gasteiger partial charge in [-0.05, 0) is 29.7 Å². The van der Waals surface area contributed by atoms with E-state index in [1.165, 1.54) is 5.56 Å². The van der Waals surface area contributed by atoms with Crippen LogP contribution in [0.2, 0.25) is 0 Å². The number of aryl methyl sites for hydroxylation is 1. The van der Waals surface area contributed by atoms with Gasteiger partial charge in [-0.15, -0.1) is 0 Å². The number of hydrogen-bond donors (Lipinski definition) is 0. The lowest BCUT2D eigenvalue weighted by atomic mass is 10.1. The maximum Gasteiger partial charge on any atom is 0.513 e. The van der Waals surface area contributed by atoms with Crippen LogP contribution >= 0.6 is 0 Å². The highest BCUT2D eigenvalue weighted by molar-refractivity contribution is 5.63. The Hall–Kier alpha value is -2.29. The quantitative estimate of drug-likeness (QED) is 0.582. The van der Waals surface area contributed by atoms with Crippen molar-refractivity contribution in [2.24, 2.45) is 0 Å². The van der Waals surface area contributed by atoms with Crippen LogP contribution in [0.25, 0.3) is 0 Å². The van der Waals surface area contributed by atoms with Gasteiger partial charge in [0.25, 0.3) is 0 Å². The van der Waals surface area contributed by atoms with Crippen molar-refractivity contribution in [2.45, 2.75) is 26.2 Å². The summed E-state index contributed by atoms with van der Waals surface area (Å²) in [6.07, 6.45) is 2.16. The monoisotopic (exact) mass is 284 g/mol. The molecule has 3 nitrogen and oxygen atoms in total. The van der Waals surface area contributed by atoms with E-state index in [0.717, 1.165) is 18.4 Å². The summed E-state index contributed by atoms with van der Waals surface area (Å²) >= 11 is 0. The predicted octanol–water partition coefficient (Wildman–Crippen LogP) is 4.40. The van der Waals surface area contributed by atoms with Gasteiger partial charge >= 0.3 is 6.16 Å². The lowest BCUT2D eigenvalue weighted by molar-refractivity contribution is 0.100. The van der Waals surface area contributed by atoms with E-state index in [-0.39, 0.29) is 0 Å². The van der Waals surface area contributed by atoms with Crippen molar-refractivity contribution in [1.82, 2.24) is 0 Å². The Kier molecular flexibility index (Phi) is 5.83. The minimum Gasteiger partial charge on any atom is -0.434 e. The molecule has 0 spiro atoms. The smallest absolute Gasteiger partial charge is 0.434 e. The van der Waals surface area contributed by atoms with Gasteiger partial charge in [-0.25, -0.2) is 4.79 Å². The molecule has 0 aliphatic rings. The zero-order valence-electron chi connectivity index (χ0n) is 12.2. The molecule has 2 aromatic rings. The van der Waals surface area contributed by atoms with Gasteiger partial charge in [0.2, 0.25) is 0 Å². The van der Waals surface area contributed by atoms with Crippen LogP contribution < -0.4 is 4.74 Å². The predicted molar refractivity (Wildman–Crippen MR) is 82.6 cm³/mol. The van der Waals surface area contributed by atoms with Crippen LogP contribution in [0.3, 0.4) is 0 Å². The number of carbonyl (C=O) groups is 1. The molecule has 0 heterocycles. The summed E-state index contributed by atoms with van der Waals surface area (Å²) < 4.78 is 10.2. The van der Waals surface area contributed by atoms with Crippen molar-refractivity contribution in [3.63, 3.8) is 0 Å². The summed E-state index contributed by atoms with van der Waals surface area (Å²) in [7, 11) is 0. The number of benzene rings is 2. The molecule has 0 fully saturated rings. The minimum absolute atomic E-state index is 0.316. The van der Waals surface area contributed by atoms with E-state index in [1.807, 2.05) is 42.5 Å². The first-order chi connectivity index (χ1) is 10.3. The fourth-order valence-corrected chi connectivity index (χ4v) is 2.04. The highest BCUT2D eigenvalue weighted by Crippen LogP contribution is 2.14. The first-order valence-corrected chi connectivity index (χ1v) is 7.25. The molecule has 0 aliphatic carbocycles. The van der Waals surface area contributed by atoms with Crippen LogP contribution in [-0.4, -0.2) is 12.8 Å². The van der Waals surface area contributed by atoms with Gasteiger partial charge in [0, 0.05) is 6.42 Å². The van der Waals surface area contributed by atoms with Gasteiger partial charge in [0.15, 0.2) is 0 Å². The summed E-state index contributed by atoms with van der Waals surface area (Å²) in [5.41, 5.74) is 2.37. The van der Waals surface area contributed by atoms with E-state index in [2.05, 4.69) is 6.92 Å². The van der Waals surface area contributed by atoms with Crippen LogP contribution in [0, 0.1) is 0 Å². The van der Waals surface area contributed by atoms with E-state index in [0.29, 0.717) is 18.8 Å². The van der Waals surface area contributed by atoms with Gasteiger partial charge in [0.05, 0.1) is 6.61 Å². The molecule has 0 atom stereocenters. The lowest BCUT2D eigenvalue weighted by Crippen LogP contribution is -2.12. The fourth-order valence-electron chi connectivity index (χ4n) is 2.04. The van der Waals surface area contributed by atoms with E-state index in [9.17, 15) is 4.79 Å². The number of carbonyl (C=O) groups excluding carboxylic acids is 1. The van der Waals surface area contributed by atoms with E-state index in [4.69, 9.17) is 9.47 Å². The Labute approximate surface area is 125 Å². The first-order valence-electron chi connectivity index (χ1n) is 7.25. The molecule has 0 radical (unpaired) electrons. The second-order valence-electron chi connectivity index (χ2n) is 4.83.